The molecule has 1 amide bonds. The Kier molecular flexibility index (Phi) is 7.75. The topological polar surface area (TPSA) is 46.4 Å². The van der Waals surface area contributed by atoms with Crippen LogP contribution in [0.1, 0.15) is 22.5 Å². The lowest BCUT2D eigenvalue weighted by atomic mass is 10.2. The number of hydrogen-bond acceptors (Lipinski definition) is 3. The van der Waals surface area contributed by atoms with Crippen LogP contribution >= 0.6 is 43.6 Å². The third-order valence-electron chi connectivity index (χ3n) is 4.38. The molecule has 1 N–H and O–H groups in total. The summed E-state index contributed by atoms with van der Waals surface area (Å²) in [6.45, 7) is 4.10. The SMILES string of the molecule is Cc1cc(/C=N\NC(=O)CSCc2ccccc2Br)c(C)n1-c1cccc(Br)c1. The summed E-state index contributed by atoms with van der Waals surface area (Å²) in [7, 11) is 0. The number of carbonyl (C=O) groups is 1. The van der Waals surface area contributed by atoms with Crippen LogP contribution in [0.25, 0.3) is 5.69 Å². The van der Waals surface area contributed by atoms with Crippen LogP contribution in [0.4, 0.5) is 0 Å². The number of aromatic nitrogens is 1. The molecule has 0 saturated carbocycles. The monoisotopic (exact) mass is 533 g/mol. The Labute approximate surface area is 192 Å². The van der Waals surface area contributed by atoms with E-state index >= 15 is 0 Å². The minimum atomic E-state index is -0.112. The van der Waals surface area contributed by atoms with Crippen LogP contribution in [0.3, 0.4) is 0 Å². The average Bonchev–Trinajstić information content (AvgIpc) is 2.97. The zero-order valence-corrected chi connectivity index (χ0v) is 20.1. The summed E-state index contributed by atoms with van der Waals surface area (Å²) < 4.78 is 4.26. The van der Waals surface area contributed by atoms with Gasteiger partial charge in [-0.1, -0.05) is 56.1 Å². The zero-order valence-electron chi connectivity index (χ0n) is 16.2. The Balaban J connectivity index is 1.57. The molecule has 0 unspecified atom stereocenters. The van der Waals surface area contributed by atoms with Crippen molar-refractivity contribution in [2.75, 3.05) is 5.75 Å². The maximum absolute atomic E-state index is 12.1. The fourth-order valence-corrected chi connectivity index (χ4v) is 4.83. The summed E-state index contributed by atoms with van der Waals surface area (Å²) >= 11 is 8.60. The van der Waals surface area contributed by atoms with Crippen molar-refractivity contribution in [2.45, 2.75) is 19.6 Å². The molecule has 0 radical (unpaired) electrons. The number of nitrogens with zero attached hydrogens (tertiary/aromatic N) is 2. The van der Waals surface area contributed by atoms with Crippen LogP contribution in [-0.2, 0) is 10.5 Å². The van der Waals surface area contributed by atoms with Crippen molar-refractivity contribution in [1.29, 1.82) is 0 Å². The van der Waals surface area contributed by atoms with E-state index in [0.717, 1.165) is 37.3 Å². The fourth-order valence-electron chi connectivity index (χ4n) is 3.01. The molecule has 0 bridgehead atoms. The summed E-state index contributed by atoms with van der Waals surface area (Å²) in [5.41, 5.74) is 8.03. The van der Waals surface area contributed by atoms with E-state index in [1.807, 2.05) is 43.3 Å². The maximum atomic E-state index is 12.1. The first kappa shape index (κ1) is 21.9. The predicted molar refractivity (Wildman–Crippen MR) is 129 cm³/mol. The number of aryl methyl sites for hydroxylation is 1. The molecular formula is C22H21Br2N3OS. The predicted octanol–water partition coefficient (Wildman–Crippen LogP) is 6.00. The zero-order chi connectivity index (χ0) is 20.8. The van der Waals surface area contributed by atoms with E-state index in [4.69, 9.17) is 0 Å². The lowest BCUT2D eigenvalue weighted by Crippen LogP contribution is -2.19. The minimum absolute atomic E-state index is 0.112. The minimum Gasteiger partial charge on any atom is -0.318 e. The van der Waals surface area contributed by atoms with Gasteiger partial charge >= 0.3 is 0 Å². The highest BCUT2D eigenvalue weighted by molar-refractivity contribution is 9.10. The lowest BCUT2D eigenvalue weighted by Gasteiger charge is -2.09. The van der Waals surface area contributed by atoms with Crippen LogP contribution in [0, 0.1) is 13.8 Å². The smallest absolute Gasteiger partial charge is 0.250 e. The van der Waals surface area contributed by atoms with Gasteiger partial charge in [0.25, 0.3) is 0 Å². The first-order chi connectivity index (χ1) is 14.0. The molecule has 0 saturated heterocycles. The van der Waals surface area contributed by atoms with Crippen molar-refractivity contribution in [3.8, 4) is 5.69 Å². The number of amides is 1. The second-order valence-corrected chi connectivity index (χ2v) is 9.27. The van der Waals surface area contributed by atoms with E-state index < -0.39 is 0 Å². The van der Waals surface area contributed by atoms with Crippen LogP contribution in [0.15, 0.2) is 68.6 Å². The highest BCUT2D eigenvalue weighted by Crippen LogP contribution is 2.23. The summed E-state index contributed by atoms with van der Waals surface area (Å²) in [6.07, 6.45) is 1.70. The van der Waals surface area contributed by atoms with E-state index in [9.17, 15) is 4.79 Å². The molecule has 2 aromatic carbocycles. The van der Waals surface area contributed by atoms with Gasteiger partial charge in [-0.3, -0.25) is 4.79 Å². The molecule has 0 aliphatic rings. The van der Waals surface area contributed by atoms with Crippen LogP contribution in [0.5, 0.6) is 0 Å². The Morgan fingerprint density at radius 2 is 1.93 bits per heavy atom. The lowest BCUT2D eigenvalue weighted by molar-refractivity contribution is -0.118. The number of nitrogens with one attached hydrogen (secondary N) is 1. The number of thioether (sulfide) groups is 1. The number of halogens is 2. The highest BCUT2D eigenvalue weighted by Gasteiger charge is 2.10. The molecule has 3 rings (SSSR count). The summed E-state index contributed by atoms with van der Waals surface area (Å²) in [6, 6.07) is 18.2. The number of benzene rings is 2. The third-order valence-corrected chi connectivity index (χ3v) is 6.63. The van der Waals surface area contributed by atoms with Gasteiger partial charge in [0, 0.05) is 37.3 Å². The summed E-state index contributed by atoms with van der Waals surface area (Å²) in [5.74, 6) is 1.02. The largest absolute Gasteiger partial charge is 0.318 e. The molecule has 0 aliphatic carbocycles. The molecule has 0 fully saturated rings. The van der Waals surface area contributed by atoms with Gasteiger partial charge in [0.2, 0.25) is 5.91 Å². The van der Waals surface area contributed by atoms with Crippen molar-refractivity contribution < 1.29 is 4.79 Å². The van der Waals surface area contributed by atoms with Gasteiger partial charge in [-0.15, -0.1) is 11.8 Å². The normalized spacial score (nSPS) is 11.2. The summed E-state index contributed by atoms with van der Waals surface area (Å²) in [4.78, 5) is 12.1. The molecule has 150 valence electrons. The molecule has 3 aromatic rings. The molecular weight excluding hydrogens is 514 g/mol. The van der Waals surface area contributed by atoms with Crippen molar-refractivity contribution >= 4 is 55.7 Å². The Morgan fingerprint density at radius 1 is 1.14 bits per heavy atom. The third kappa shape index (κ3) is 5.84. The van der Waals surface area contributed by atoms with Gasteiger partial charge in [-0.2, -0.15) is 5.10 Å². The van der Waals surface area contributed by atoms with Crippen molar-refractivity contribution in [2.24, 2.45) is 5.10 Å². The van der Waals surface area contributed by atoms with Gasteiger partial charge in [-0.05, 0) is 49.7 Å². The van der Waals surface area contributed by atoms with E-state index in [0.29, 0.717) is 5.75 Å². The van der Waals surface area contributed by atoms with Crippen LogP contribution < -0.4 is 5.43 Å². The average molecular weight is 535 g/mol. The molecule has 0 spiro atoms. The van der Waals surface area contributed by atoms with Crippen LogP contribution in [-0.4, -0.2) is 22.4 Å². The molecule has 4 nitrogen and oxygen atoms in total. The van der Waals surface area contributed by atoms with Crippen molar-refractivity contribution in [3.63, 3.8) is 0 Å². The second kappa shape index (κ2) is 10.3. The number of carbonyl (C=O) groups excluding carboxylic acids is 1. The molecule has 0 aliphatic heterocycles. The molecule has 29 heavy (non-hydrogen) atoms. The summed E-state index contributed by atoms with van der Waals surface area (Å²) in [5, 5.41) is 4.14. The van der Waals surface area contributed by atoms with Gasteiger partial charge in [0.1, 0.15) is 0 Å². The second-order valence-electron chi connectivity index (χ2n) is 6.52. The number of hydrazone groups is 1. The van der Waals surface area contributed by atoms with Gasteiger partial charge in [0.15, 0.2) is 0 Å². The first-order valence-electron chi connectivity index (χ1n) is 9.03. The molecule has 1 aromatic heterocycles. The van der Waals surface area contributed by atoms with Crippen molar-refractivity contribution in [3.05, 3.63) is 86.1 Å². The van der Waals surface area contributed by atoms with Gasteiger partial charge in [-0.25, -0.2) is 5.43 Å². The Morgan fingerprint density at radius 3 is 2.69 bits per heavy atom. The quantitative estimate of drug-likeness (QED) is 0.298. The van der Waals surface area contributed by atoms with E-state index in [1.165, 1.54) is 5.56 Å². The van der Waals surface area contributed by atoms with E-state index in [1.54, 1.807) is 18.0 Å². The number of hydrogen-bond donors (Lipinski definition) is 1. The molecule has 7 heteroatoms. The van der Waals surface area contributed by atoms with Crippen LogP contribution in [0.2, 0.25) is 0 Å². The fraction of sp³-hybridized carbons (Fsp3) is 0.182. The highest BCUT2D eigenvalue weighted by atomic mass is 79.9. The van der Waals surface area contributed by atoms with Crippen molar-refractivity contribution in [1.82, 2.24) is 9.99 Å². The number of rotatable bonds is 7. The Hall–Kier alpha value is -1.83. The Bertz CT molecular complexity index is 1050. The van der Waals surface area contributed by atoms with E-state index in [-0.39, 0.29) is 5.91 Å². The first-order valence-corrected chi connectivity index (χ1v) is 11.8. The van der Waals surface area contributed by atoms with Gasteiger partial charge in [0.05, 0.1) is 12.0 Å². The molecule has 0 atom stereocenters. The van der Waals surface area contributed by atoms with E-state index in [2.05, 4.69) is 72.1 Å². The maximum Gasteiger partial charge on any atom is 0.250 e. The standard InChI is InChI=1S/C22H21Br2N3OS/c1-15-10-18(16(2)27(15)20-8-5-7-19(23)11-20)12-25-26-22(28)14-29-13-17-6-3-4-9-21(17)24/h3-12H,13-14H2,1-2H3,(H,26,28)/b25-12-. The molecule has 1 heterocycles. The van der Waals surface area contributed by atoms with Gasteiger partial charge < -0.3 is 4.57 Å².